The van der Waals surface area contributed by atoms with Crippen molar-refractivity contribution in [2.24, 2.45) is 0 Å². The summed E-state index contributed by atoms with van der Waals surface area (Å²) in [6.45, 7) is 2.10. The van der Waals surface area contributed by atoms with Crippen LogP contribution in [0.1, 0.15) is 48.3 Å². The van der Waals surface area contributed by atoms with Gasteiger partial charge in [-0.2, -0.15) is 8.78 Å². The number of pyridine rings is 1. The molecule has 31 heavy (non-hydrogen) atoms. The maximum atomic E-state index is 14.6. The Kier molecular flexibility index (Phi) is 4.58. The molecule has 0 radical (unpaired) electrons. The van der Waals surface area contributed by atoms with Gasteiger partial charge in [0.05, 0.1) is 35.8 Å². The molecule has 3 atom stereocenters. The average Bonchev–Trinajstić information content (AvgIpc) is 3.24. The predicted octanol–water partition coefficient (Wildman–Crippen LogP) is 1.68. The lowest BCUT2D eigenvalue weighted by atomic mass is 10.0. The summed E-state index contributed by atoms with van der Waals surface area (Å²) in [5.74, 6) is -2.84. The van der Waals surface area contributed by atoms with Gasteiger partial charge in [0.15, 0.2) is 0 Å². The number of halogens is 2. The van der Waals surface area contributed by atoms with Crippen LogP contribution in [-0.4, -0.2) is 53.4 Å². The Bertz CT molecular complexity index is 1170. The van der Waals surface area contributed by atoms with Gasteiger partial charge in [0.2, 0.25) is 16.0 Å². The Morgan fingerprint density at radius 3 is 2.74 bits per heavy atom. The number of sulfonamides is 1. The number of anilines is 1. The molecule has 11 heteroatoms. The van der Waals surface area contributed by atoms with Gasteiger partial charge < -0.3 is 10.0 Å². The summed E-state index contributed by atoms with van der Waals surface area (Å²) in [5, 5.41) is 9.84. The highest BCUT2D eigenvalue weighted by atomic mass is 32.2. The number of hydrogen-bond donors (Lipinski definition) is 2. The first-order chi connectivity index (χ1) is 14.5. The van der Waals surface area contributed by atoms with Crippen molar-refractivity contribution in [1.82, 2.24) is 19.7 Å². The minimum absolute atomic E-state index is 0.172. The summed E-state index contributed by atoms with van der Waals surface area (Å²) in [6.07, 6.45) is 3.22. The van der Waals surface area contributed by atoms with Crippen LogP contribution >= 0.6 is 0 Å². The topological polar surface area (TPSA) is 108 Å². The third kappa shape index (κ3) is 3.48. The molecule has 1 saturated heterocycles. The SMILES string of the molecule is C[C@H]1[C@H](O)CN1c1nc(-c2cnc3c(c2)CC[C@H]3NS(C)(=O)=O)c2c(n1)C(F)(F)CC2. The summed E-state index contributed by atoms with van der Waals surface area (Å²) in [4.78, 5) is 15.0. The number of fused-ring (bicyclic) bond motifs is 2. The highest BCUT2D eigenvalue weighted by Crippen LogP contribution is 2.45. The number of aliphatic hydroxyl groups is 1. The molecule has 2 aromatic heterocycles. The van der Waals surface area contributed by atoms with E-state index in [1.54, 1.807) is 18.0 Å². The maximum absolute atomic E-state index is 14.6. The lowest BCUT2D eigenvalue weighted by Gasteiger charge is -2.43. The summed E-state index contributed by atoms with van der Waals surface area (Å²) < 4.78 is 54.9. The van der Waals surface area contributed by atoms with Crippen LogP contribution in [0.2, 0.25) is 0 Å². The van der Waals surface area contributed by atoms with Gasteiger partial charge in [-0.05, 0) is 37.8 Å². The Morgan fingerprint density at radius 2 is 2.06 bits per heavy atom. The summed E-state index contributed by atoms with van der Waals surface area (Å²) in [7, 11) is -3.37. The van der Waals surface area contributed by atoms with Gasteiger partial charge >= 0.3 is 0 Å². The average molecular weight is 451 g/mol. The number of aryl methyl sites for hydroxylation is 1. The quantitative estimate of drug-likeness (QED) is 0.728. The van der Waals surface area contributed by atoms with E-state index in [1.807, 2.05) is 6.07 Å². The molecule has 0 bridgehead atoms. The van der Waals surface area contributed by atoms with Crippen molar-refractivity contribution in [2.75, 3.05) is 17.7 Å². The minimum atomic E-state index is -3.37. The number of hydrogen-bond acceptors (Lipinski definition) is 7. The smallest absolute Gasteiger partial charge is 0.290 e. The van der Waals surface area contributed by atoms with Gasteiger partial charge in [-0.25, -0.2) is 23.1 Å². The van der Waals surface area contributed by atoms with Gasteiger partial charge in [-0.3, -0.25) is 4.98 Å². The number of alkyl halides is 2. The van der Waals surface area contributed by atoms with Crippen molar-refractivity contribution in [3.63, 3.8) is 0 Å². The fraction of sp³-hybridized carbons (Fsp3) is 0.550. The van der Waals surface area contributed by atoms with Gasteiger partial charge in [0.25, 0.3) is 5.92 Å². The van der Waals surface area contributed by atoms with Crippen LogP contribution in [0.5, 0.6) is 0 Å². The van der Waals surface area contributed by atoms with Crippen molar-refractivity contribution in [2.45, 2.75) is 56.7 Å². The molecule has 0 unspecified atom stereocenters. The van der Waals surface area contributed by atoms with E-state index in [9.17, 15) is 22.3 Å². The van der Waals surface area contributed by atoms with Crippen molar-refractivity contribution in [3.05, 3.63) is 34.8 Å². The fourth-order valence-corrected chi connectivity index (χ4v) is 5.35. The molecule has 3 aliphatic rings. The van der Waals surface area contributed by atoms with Crippen molar-refractivity contribution in [3.8, 4) is 11.3 Å². The zero-order valence-corrected chi connectivity index (χ0v) is 18.0. The first kappa shape index (κ1) is 20.7. The van der Waals surface area contributed by atoms with E-state index in [-0.39, 0.29) is 30.5 Å². The molecule has 3 heterocycles. The molecule has 0 amide bonds. The van der Waals surface area contributed by atoms with Gasteiger partial charge in [-0.1, -0.05) is 0 Å². The molecule has 0 aromatic carbocycles. The number of rotatable bonds is 4. The zero-order valence-electron chi connectivity index (χ0n) is 17.1. The molecule has 8 nitrogen and oxygen atoms in total. The van der Waals surface area contributed by atoms with E-state index in [4.69, 9.17) is 0 Å². The largest absolute Gasteiger partial charge is 0.389 e. The molecule has 2 aliphatic carbocycles. The summed E-state index contributed by atoms with van der Waals surface area (Å²) >= 11 is 0. The molecule has 5 rings (SSSR count). The molecule has 0 spiro atoms. The third-order valence-corrected chi connectivity index (χ3v) is 7.10. The molecule has 1 aliphatic heterocycles. The van der Waals surface area contributed by atoms with E-state index in [0.717, 1.165) is 11.8 Å². The number of nitrogens with one attached hydrogen (secondary N) is 1. The van der Waals surface area contributed by atoms with Gasteiger partial charge in [-0.15, -0.1) is 0 Å². The van der Waals surface area contributed by atoms with Crippen LogP contribution in [0.25, 0.3) is 11.3 Å². The van der Waals surface area contributed by atoms with E-state index in [0.29, 0.717) is 41.9 Å². The van der Waals surface area contributed by atoms with Crippen LogP contribution in [0.15, 0.2) is 12.3 Å². The maximum Gasteiger partial charge on any atom is 0.290 e. The van der Waals surface area contributed by atoms with E-state index in [1.165, 1.54) is 0 Å². The van der Waals surface area contributed by atoms with Crippen molar-refractivity contribution in [1.29, 1.82) is 0 Å². The first-order valence-electron chi connectivity index (χ1n) is 10.2. The lowest BCUT2D eigenvalue weighted by Crippen LogP contribution is -2.59. The monoisotopic (exact) mass is 451 g/mol. The van der Waals surface area contributed by atoms with Crippen LogP contribution in [0, 0.1) is 0 Å². The Hall–Kier alpha value is -2.24. The van der Waals surface area contributed by atoms with Crippen LogP contribution in [0.4, 0.5) is 14.7 Å². The number of aliphatic hydroxyl groups excluding tert-OH is 1. The van der Waals surface area contributed by atoms with Crippen LogP contribution in [0.3, 0.4) is 0 Å². The molecule has 2 aromatic rings. The molecule has 2 N–H and O–H groups in total. The van der Waals surface area contributed by atoms with E-state index in [2.05, 4.69) is 19.7 Å². The number of β-amino-alcohol motifs (C(OH)–C–C–N with tert-alkyl or cyclic N) is 1. The first-order valence-corrected chi connectivity index (χ1v) is 12.1. The lowest BCUT2D eigenvalue weighted by molar-refractivity contribution is -0.00603. The third-order valence-electron chi connectivity index (χ3n) is 6.38. The second kappa shape index (κ2) is 6.88. The van der Waals surface area contributed by atoms with E-state index >= 15 is 0 Å². The number of aromatic nitrogens is 3. The molecule has 1 fully saturated rings. The highest BCUT2D eigenvalue weighted by Gasteiger charge is 2.45. The molecule has 166 valence electrons. The fourth-order valence-electron chi connectivity index (χ4n) is 4.61. The number of nitrogens with zero attached hydrogens (tertiary/aromatic N) is 4. The van der Waals surface area contributed by atoms with E-state index < -0.39 is 28.1 Å². The van der Waals surface area contributed by atoms with Crippen LogP contribution < -0.4 is 9.62 Å². The Morgan fingerprint density at radius 1 is 1.29 bits per heavy atom. The Labute approximate surface area is 178 Å². The van der Waals surface area contributed by atoms with Crippen LogP contribution in [-0.2, 0) is 28.8 Å². The summed E-state index contributed by atoms with van der Waals surface area (Å²) in [5.41, 5.74) is 2.76. The predicted molar refractivity (Wildman–Crippen MR) is 109 cm³/mol. The van der Waals surface area contributed by atoms with Gasteiger partial charge in [0.1, 0.15) is 5.69 Å². The Balaban J connectivity index is 1.57. The second-order valence-corrected chi connectivity index (χ2v) is 10.4. The summed E-state index contributed by atoms with van der Waals surface area (Å²) in [6, 6.07) is 1.23. The second-order valence-electron chi connectivity index (χ2n) is 8.61. The normalized spacial score (nSPS) is 26.5. The highest BCUT2D eigenvalue weighted by molar-refractivity contribution is 7.88. The molecule has 0 saturated carbocycles. The molecular weight excluding hydrogens is 428 g/mol. The minimum Gasteiger partial charge on any atom is -0.389 e. The van der Waals surface area contributed by atoms with Crippen molar-refractivity contribution < 1.29 is 22.3 Å². The molecular formula is C20H23F2N5O3S. The van der Waals surface area contributed by atoms with Crippen molar-refractivity contribution >= 4 is 16.0 Å². The van der Waals surface area contributed by atoms with Gasteiger partial charge in [0, 0.05) is 30.3 Å². The standard InChI is InChI=1S/C20H23F2N5O3S/c1-10-15(28)9-27(10)19-24-16(13-5-6-20(21,22)18(13)25-19)12-7-11-3-4-14(17(11)23-8-12)26-31(2,29)30/h7-8,10,14-15,26,28H,3-6,9H2,1-2H3/t10-,14+,15+/m0/s1. The zero-order chi connectivity index (χ0) is 22.1.